The fourth-order valence-electron chi connectivity index (χ4n) is 1.86. The summed E-state index contributed by atoms with van der Waals surface area (Å²) >= 11 is 0. The van der Waals surface area contributed by atoms with Gasteiger partial charge in [-0.1, -0.05) is 6.07 Å². The van der Waals surface area contributed by atoms with Gasteiger partial charge in [0.15, 0.2) is 11.5 Å². The second kappa shape index (κ2) is 5.27. The number of carbonyl (C=O) groups is 1. The molecule has 0 spiro atoms. The highest BCUT2D eigenvalue weighted by atomic mass is 16.5. The van der Waals surface area contributed by atoms with Gasteiger partial charge in [0.1, 0.15) is 6.04 Å². The molecule has 0 aromatic heterocycles. The van der Waals surface area contributed by atoms with Crippen LogP contribution in [-0.4, -0.2) is 26.2 Å². The van der Waals surface area contributed by atoms with Crippen molar-refractivity contribution in [1.82, 2.24) is 5.32 Å². The smallest absolute Gasteiger partial charge is 0.239 e. The lowest BCUT2D eigenvalue weighted by atomic mass is 10.1. The van der Waals surface area contributed by atoms with Gasteiger partial charge in [-0.15, -0.1) is 0 Å². The van der Waals surface area contributed by atoms with Crippen molar-refractivity contribution < 1.29 is 14.3 Å². The molecule has 5 heteroatoms. The van der Waals surface area contributed by atoms with E-state index in [-0.39, 0.29) is 5.91 Å². The lowest BCUT2D eigenvalue weighted by molar-refractivity contribution is -0.120. The van der Waals surface area contributed by atoms with Crippen LogP contribution in [0.15, 0.2) is 18.2 Å². The lowest BCUT2D eigenvalue weighted by Crippen LogP contribution is -2.34. The van der Waals surface area contributed by atoms with Gasteiger partial charge in [0.25, 0.3) is 0 Å². The van der Waals surface area contributed by atoms with Gasteiger partial charge in [-0.2, -0.15) is 0 Å². The molecule has 0 aliphatic heterocycles. The fourth-order valence-corrected chi connectivity index (χ4v) is 1.86. The van der Waals surface area contributed by atoms with Crippen LogP contribution in [0.3, 0.4) is 0 Å². The van der Waals surface area contributed by atoms with Crippen LogP contribution >= 0.6 is 0 Å². The van der Waals surface area contributed by atoms with Crippen molar-refractivity contribution >= 4 is 5.91 Å². The number of ether oxygens (including phenoxy) is 2. The Hall–Kier alpha value is -1.75. The zero-order chi connectivity index (χ0) is 13.1. The first-order chi connectivity index (χ1) is 8.65. The first-order valence-electron chi connectivity index (χ1n) is 5.93. The van der Waals surface area contributed by atoms with Crippen LogP contribution in [-0.2, 0) is 4.79 Å². The maximum Gasteiger partial charge on any atom is 0.239 e. The zero-order valence-electron chi connectivity index (χ0n) is 10.6. The summed E-state index contributed by atoms with van der Waals surface area (Å²) in [4.78, 5) is 11.5. The van der Waals surface area contributed by atoms with E-state index < -0.39 is 6.04 Å². The minimum absolute atomic E-state index is 0.380. The standard InChI is InChI=1S/C13H18N2O3/c1-17-10-6-3-8(7-11(10)18-2)12(13(14)16)15-9-4-5-9/h3,6-7,9,12,15H,4-5H2,1-2H3,(H2,14,16). The van der Waals surface area contributed by atoms with E-state index in [4.69, 9.17) is 15.2 Å². The first-order valence-corrected chi connectivity index (χ1v) is 5.93. The van der Waals surface area contributed by atoms with Gasteiger partial charge in [-0.3, -0.25) is 10.1 Å². The molecule has 3 N–H and O–H groups in total. The predicted molar refractivity (Wildman–Crippen MR) is 67.6 cm³/mol. The van der Waals surface area contributed by atoms with E-state index in [0.717, 1.165) is 18.4 Å². The summed E-state index contributed by atoms with van der Waals surface area (Å²) < 4.78 is 10.4. The monoisotopic (exact) mass is 250 g/mol. The van der Waals surface area contributed by atoms with E-state index in [0.29, 0.717) is 17.5 Å². The molecule has 0 saturated heterocycles. The number of hydrogen-bond donors (Lipinski definition) is 2. The van der Waals surface area contributed by atoms with Crippen molar-refractivity contribution in [3.8, 4) is 11.5 Å². The molecule has 1 atom stereocenters. The molecule has 0 radical (unpaired) electrons. The molecule has 1 amide bonds. The van der Waals surface area contributed by atoms with Crippen LogP contribution in [0.25, 0.3) is 0 Å². The van der Waals surface area contributed by atoms with Crippen LogP contribution in [0.5, 0.6) is 11.5 Å². The van der Waals surface area contributed by atoms with Gasteiger partial charge >= 0.3 is 0 Å². The molecule has 1 aromatic rings. The third-order valence-corrected chi connectivity index (χ3v) is 3.01. The first kappa shape index (κ1) is 12.7. The average Bonchev–Trinajstić information content (AvgIpc) is 3.18. The number of amides is 1. The molecule has 0 bridgehead atoms. The van der Waals surface area contributed by atoms with Crippen molar-refractivity contribution in [2.75, 3.05) is 14.2 Å². The van der Waals surface area contributed by atoms with Gasteiger partial charge in [0.2, 0.25) is 5.91 Å². The Kier molecular flexibility index (Phi) is 3.72. The van der Waals surface area contributed by atoms with E-state index in [1.165, 1.54) is 0 Å². The van der Waals surface area contributed by atoms with Crippen LogP contribution in [0.1, 0.15) is 24.4 Å². The van der Waals surface area contributed by atoms with Crippen LogP contribution < -0.4 is 20.5 Å². The summed E-state index contributed by atoms with van der Waals surface area (Å²) in [7, 11) is 3.14. The van der Waals surface area contributed by atoms with E-state index >= 15 is 0 Å². The molecule has 1 fully saturated rings. The molecular formula is C13H18N2O3. The van der Waals surface area contributed by atoms with Crippen molar-refractivity contribution in [2.45, 2.75) is 24.9 Å². The van der Waals surface area contributed by atoms with Gasteiger partial charge < -0.3 is 15.2 Å². The van der Waals surface area contributed by atoms with E-state index in [9.17, 15) is 4.79 Å². The summed E-state index contributed by atoms with van der Waals surface area (Å²) in [5.41, 5.74) is 6.23. The van der Waals surface area contributed by atoms with Gasteiger partial charge in [-0.05, 0) is 30.5 Å². The third kappa shape index (κ3) is 2.73. The molecular weight excluding hydrogens is 232 g/mol. The van der Waals surface area contributed by atoms with Crippen molar-refractivity contribution in [1.29, 1.82) is 0 Å². The van der Waals surface area contributed by atoms with Crippen LogP contribution in [0.2, 0.25) is 0 Å². The number of carbonyl (C=O) groups excluding carboxylic acids is 1. The molecule has 1 aliphatic carbocycles. The molecule has 2 rings (SSSR count). The quantitative estimate of drug-likeness (QED) is 0.789. The third-order valence-electron chi connectivity index (χ3n) is 3.01. The number of hydrogen-bond acceptors (Lipinski definition) is 4. The molecule has 18 heavy (non-hydrogen) atoms. The van der Waals surface area contributed by atoms with Crippen molar-refractivity contribution in [3.63, 3.8) is 0 Å². The summed E-state index contributed by atoms with van der Waals surface area (Å²) in [6, 6.07) is 5.31. The topological polar surface area (TPSA) is 73.6 Å². The summed E-state index contributed by atoms with van der Waals surface area (Å²) in [6.07, 6.45) is 2.19. The number of methoxy groups -OCH3 is 2. The summed E-state index contributed by atoms with van der Waals surface area (Å²) in [5.74, 6) is 0.851. The number of primary amides is 1. The van der Waals surface area contributed by atoms with Gasteiger partial charge in [-0.25, -0.2) is 0 Å². The molecule has 0 heterocycles. The molecule has 1 unspecified atom stereocenters. The Morgan fingerprint density at radius 3 is 2.50 bits per heavy atom. The van der Waals surface area contributed by atoms with E-state index in [1.807, 2.05) is 6.07 Å². The Morgan fingerprint density at radius 1 is 1.33 bits per heavy atom. The average molecular weight is 250 g/mol. The molecule has 1 aromatic carbocycles. The molecule has 1 aliphatic rings. The normalized spacial score (nSPS) is 16.1. The lowest BCUT2D eigenvalue weighted by Gasteiger charge is -2.17. The zero-order valence-corrected chi connectivity index (χ0v) is 10.6. The largest absolute Gasteiger partial charge is 0.493 e. The van der Waals surface area contributed by atoms with Crippen molar-refractivity contribution in [3.05, 3.63) is 23.8 Å². The van der Waals surface area contributed by atoms with Crippen LogP contribution in [0, 0.1) is 0 Å². The van der Waals surface area contributed by atoms with Gasteiger partial charge in [0, 0.05) is 6.04 Å². The highest BCUT2D eigenvalue weighted by Crippen LogP contribution is 2.31. The number of nitrogens with one attached hydrogen (secondary N) is 1. The number of rotatable bonds is 6. The van der Waals surface area contributed by atoms with Gasteiger partial charge in [0.05, 0.1) is 14.2 Å². The number of benzene rings is 1. The molecule has 5 nitrogen and oxygen atoms in total. The highest BCUT2D eigenvalue weighted by molar-refractivity contribution is 5.81. The summed E-state index contributed by atoms with van der Waals surface area (Å²) in [6.45, 7) is 0. The van der Waals surface area contributed by atoms with Crippen molar-refractivity contribution in [2.24, 2.45) is 5.73 Å². The maximum atomic E-state index is 11.5. The SMILES string of the molecule is COc1ccc(C(NC2CC2)C(N)=O)cc1OC. The molecule has 98 valence electrons. The Morgan fingerprint density at radius 2 is 2.00 bits per heavy atom. The maximum absolute atomic E-state index is 11.5. The Bertz CT molecular complexity index is 444. The van der Waals surface area contributed by atoms with Crippen LogP contribution in [0.4, 0.5) is 0 Å². The Labute approximate surface area is 106 Å². The molecule has 1 saturated carbocycles. The second-order valence-corrected chi connectivity index (χ2v) is 4.39. The minimum Gasteiger partial charge on any atom is -0.493 e. The fraction of sp³-hybridized carbons (Fsp3) is 0.462. The highest BCUT2D eigenvalue weighted by Gasteiger charge is 2.28. The number of nitrogens with two attached hydrogens (primary N) is 1. The Balaban J connectivity index is 2.25. The summed E-state index contributed by atoms with van der Waals surface area (Å²) in [5, 5.41) is 3.22. The second-order valence-electron chi connectivity index (χ2n) is 4.39. The minimum atomic E-state index is -0.475. The predicted octanol–water partition coefficient (Wildman–Crippen LogP) is 0.982. The van der Waals surface area contributed by atoms with E-state index in [1.54, 1.807) is 26.4 Å². The van der Waals surface area contributed by atoms with E-state index in [2.05, 4.69) is 5.32 Å².